The molecule has 0 fully saturated rings. The molecule has 18 heavy (non-hydrogen) atoms. The monoisotopic (exact) mass is 253 g/mol. The number of phenols is 1. The van der Waals surface area contributed by atoms with Gasteiger partial charge in [0.25, 0.3) is 0 Å². The van der Waals surface area contributed by atoms with E-state index in [0.717, 1.165) is 31.2 Å². The smallest absolute Gasteiger partial charge is 0.131 e. The number of phenolic OH excluding ortho intramolecular Hbond substituents is 1. The van der Waals surface area contributed by atoms with E-state index in [1.807, 2.05) is 0 Å². The van der Waals surface area contributed by atoms with E-state index in [2.05, 4.69) is 6.92 Å². The van der Waals surface area contributed by atoms with Crippen molar-refractivity contribution in [2.24, 2.45) is 5.73 Å². The Balaban J connectivity index is 2.96. The van der Waals surface area contributed by atoms with Crippen LogP contribution < -0.4 is 15.2 Å². The molecule has 0 aromatic heterocycles. The second kappa shape index (κ2) is 7.11. The summed E-state index contributed by atoms with van der Waals surface area (Å²) in [5.41, 5.74) is 7.02. The third-order valence-corrected chi connectivity index (χ3v) is 3.02. The Morgan fingerprint density at radius 1 is 1.17 bits per heavy atom. The highest BCUT2D eigenvalue weighted by Gasteiger charge is 2.18. The summed E-state index contributed by atoms with van der Waals surface area (Å²) in [6.07, 6.45) is 4.28. The van der Waals surface area contributed by atoms with Crippen molar-refractivity contribution < 1.29 is 14.6 Å². The van der Waals surface area contributed by atoms with Crippen LogP contribution >= 0.6 is 0 Å². The molecule has 4 heteroatoms. The lowest BCUT2D eigenvalue weighted by atomic mass is 9.99. The summed E-state index contributed by atoms with van der Waals surface area (Å²) < 4.78 is 10.6. The Kier molecular flexibility index (Phi) is 5.78. The Morgan fingerprint density at radius 2 is 1.72 bits per heavy atom. The first-order valence-electron chi connectivity index (χ1n) is 6.34. The molecule has 0 aliphatic rings. The van der Waals surface area contributed by atoms with E-state index in [-0.39, 0.29) is 11.8 Å². The van der Waals surface area contributed by atoms with Gasteiger partial charge in [-0.25, -0.2) is 0 Å². The maximum Gasteiger partial charge on any atom is 0.131 e. The minimum Gasteiger partial charge on any atom is -0.508 e. The molecule has 3 N–H and O–H groups in total. The fourth-order valence-corrected chi connectivity index (χ4v) is 2.05. The van der Waals surface area contributed by atoms with Gasteiger partial charge in [-0.1, -0.05) is 26.2 Å². The third-order valence-electron chi connectivity index (χ3n) is 3.02. The average molecular weight is 253 g/mol. The van der Waals surface area contributed by atoms with E-state index < -0.39 is 0 Å². The minimum atomic E-state index is -0.137. The summed E-state index contributed by atoms with van der Waals surface area (Å²) in [7, 11) is 3.13. The maximum absolute atomic E-state index is 9.58. The second-order valence-corrected chi connectivity index (χ2v) is 4.37. The summed E-state index contributed by atoms with van der Waals surface area (Å²) >= 11 is 0. The molecule has 1 aromatic rings. The van der Waals surface area contributed by atoms with Crippen molar-refractivity contribution in [2.45, 2.75) is 38.6 Å². The zero-order valence-electron chi connectivity index (χ0n) is 11.4. The van der Waals surface area contributed by atoms with Gasteiger partial charge in [0.05, 0.1) is 19.8 Å². The van der Waals surface area contributed by atoms with Gasteiger partial charge in [0, 0.05) is 18.2 Å². The van der Waals surface area contributed by atoms with Crippen LogP contribution in [0.3, 0.4) is 0 Å². The van der Waals surface area contributed by atoms with Gasteiger partial charge in [-0.2, -0.15) is 0 Å². The number of ether oxygens (including phenoxy) is 2. The van der Waals surface area contributed by atoms with Gasteiger partial charge >= 0.3 is 0 Å². The maximum atomic E-state index is 9.58. The summed E-state index contributed by atoms with van der Waals surface area (Å²) in [5, 5.41) is 9.58. The molecule has 102 valence electrons. The highest BCUT2D eigenvalue weighted by molar-refractivity contribution is 5.51. The number of rotatable bonds is 7. The summed E-state index contributed by atoms with van der Waals surface area (Å²) in [4.78, 5) is 0. The summed E-state index contributed by atoms with van der Waals surface area (Å²) in [5.74, 6) is 1.28. The molecule has 0 saturated heterocycles. The third kappa shape index (κ3) is 3.53. The highest BCUT2D eigenvalue weighted by atomic mass is 16.5. The van der Waals surface area contributed by atoms with Gasteiger partial charge in [-0.05, 0) is 6.42 Å². The van der Waals surface area contributed by atoms with Gasteiger partial charge in [0.1, 0.15) is 17.2 Å². The molecule has 1 aromatic carbocycles. The number of nitrogens with two attached hydrogens (primary N) is 1. The number of aromatic hydroxyl groups is 1. The Hall–Kier alpha value is -1.42. The van der Waals surface area contributed by atoms with Crippen molar-refractivity contribution in [3.63, 3.8) is 0 Å². The van der Waals surface area contributed by atoms with E-state index in [9.17, 15) is 5.11 Å². The normalized spacial score (nSPS) is 12.2. The number of hydrogen-bond donors (Lipinski definition) is 2. The minimum absolute atomic E-state index is 0.119. The molecular weight excluding hydrogens is 230 g/mol. The van der Waals surface area contributed by atoms with E-state index in [0.29, 0.717) is 11.5 Å². The van der Waals surface area contributed by atoms with E-state index >= 15 is 0 Å². The topological polar surface area (TPSA) is 64.7 Å². The van der Waals surface area contributed by atoms with E-state index in [4.69, 9.17) is 15.2 Å². The van der Waals surface area contributed by atoms with Crippen LogP contribution in [0.1, 0.15) is 44.2 Å². The van der Waals surface area contributed by atoms with Crippen LogP contribution in [0, 0.1) is 0 Å². The largest absolute Gasteiger partial charge is 0.508 e. The number of benzene rings is 1. The zero-order valence-corrected chi connectivity index (χ0v) is 11.4. The molecule has 0 radical (unpaired) electrons. The van der Waals surface area contributed by atoms with Gasteiger partial charge in [-0.15, -0.1) is 0 Å². The fourth-order valence-electron chi connectivity index (χ4n) is 2.05. The number of methoxy groups -OCH3 is 2. The number of unbranched alkanes of at least 4 members (excludes halogenated alkanes) is 2. The lowest BCUT2D eigenvalue weighted by Gasteiger charge is -2.19. The number of hydrogen-bond acceptors (Lipinski definition) is 4. The van der Waals surface area contributed by atoms with E-state index in [1.165, 1.54) is 0 Å². The first kappa shape index (κ1) is 14.6. The molecule has 0 saturated carbocycles. The Morgan fingerprint density at radius 3 is 2.17 bits per heavy atom. The van der Waals surface area contributed by atoms with Gasteiger partial charge in [0.15, 0.2) is 0 Å². The fraction of sp³-hybridized carbons (Fsp3) is 0.571. The van der Waals surface area contributed by atoms with Gasteiger partial charge in [-0.3, -0.25) is 0 Å². The first-order valence-corrected chi connectivity index (χ1v) is 6.34. The molecule has 0 unspecified atom stereocenters. The van der Waals surface area contributed by atoms with Gasteiger partial charge in [0.2, 0.25) is 0 Å². The van der Waals surface area contributed by atoms with Crippen molar-refractivity contribution in [1.82, 2.24) is 0 Å². The molecule has 4 nitrogen and oxygen atoms in total. The average Bonchev–Trinajstić information content (AvgIpc) is 2.37. The van der Waals surface area contributed by atoms with Crippen LogP contribution in [0.5, 0.6) is 17.2 Å². The van der Waals surface area contributed by atoms with Crippen LogP contribution in [-0.2, 0) is 0 Å². The van der Waals surface area contributed by atoms with Crippen molar-refractivity contribution in [2.75, 3.05) is 14.2 Å². The highest BCUT2D eigenvalue weighted by Crippen LogP contribution is 2.38. The molecule has 0 amide bonds. The second-order valence-electron chi connectivity index (χ2n) is 4.37. The molecule has 0 heterocycles. The van der Waals surface area contributed by atoms with Crippen molar-refractivity contribution in [3.05, 3.63) is 17.7 Å². The molecule has 1 rings (SSSR count). The predicted molar refractivity (Wildman–Crippen MR) is 72.3 cm³/mol. The van der Waals surface area contributed by atoms with Crippen LogP contribution in [0.15, 0.2) is 12.1 Å². The standard InChI is InChI=1S/C14H23NO3/c1-4-5-6-7-11(15)14-12(17-2)8-10(16)9-13(14)18-3/h8-9,11,16H,4-7,15H2,1-3H3/t11-/m1/s1. The summed E-state index contributed by atoms with van der Waals surface area (Å²) in [6.45, 7) is 2.16. The molecular formula is C14H23NO3. The summed E-state index contributed by atoms with van der Waals surface area (Å²) in [6, 6.07) is 3.00. The molecule has 1 atom stereocenters. The van der Waals surface area contributed by atoms with Crippen LogP contribution in [0.4, 0.5) is 0 Å². The van der Waals surface area contributed by atoms with Crippen LogP contribution in [0.2, 0.25) is 0 Å². The van der Waals surface area contributed by atoms with Crippen molar-refractivity contribution in [1.29, 1.82) is 0 Å². The predicted octanol–water partition coefficient (Wildman–Crippen LogP) is 2.99. The molecule has 0 aliphatic heterocycles. The van der Waals surface area contributed by atoms with Crippen molar-refractivity contribution in [3.8, 4) is 17.2 Å². The Labute approximate surface area is 109 Å². The van der Waals surface area contributed by atoms with Crippen molar-refractivity contribution >= 4 is 0 Å². The Bertz CT molecular complexity index is 354. The van der Waals surface area contributed by atoms with E-state index in [1.54, 1.807) is 26.4 Å². The van der Waals surface area contributed by atoms with Crippen LogP contribution in [0.25, 0.3) is 0 Å². The lowest BCUT2D eigenvalue weighted by molar-refractivity contribution is 0.368. The molecule has 0 spiro atoms. The quantitative estimate of drug-likeness (QED) is 0.733. The SMILES string of the molecule is CCCCC[C@@H](N)c1c(OC)cc(O)cc1OC. The van der Waals surface area contributed by atoms with Gasteiger partial charge < -0.3 is 20.3 Å². The first-order chi connectivity index (χ1) is 8.63. The molecule has 0 bridgehead atoms. The zero-order chi connectivity index (χ0) is 13.5. The molecule has 0 aliphatic carbocycles. The van der Waals surface area contributed by atoms with Crippen LogP contribution in [-0.4, -0.2) is 19.3 Å². The lowest BCUT2D eigenvalue weighted by Crippen LogP contribution is -2.13.